The lowest BCUT2D eigenvalue weighted by Gasteiger charge is -2.24. The van der Waals surface area contributed by atoms with E-state index in [-0.39, 0.29) is 6.29 Å². The van der Waals surface area contributed by atoms with Gasteiger partial charge in [0.05, 0.1) is 13.2 Å². The molecular formula is C13H28N4O2. The molecule has 0 radical (unpaired) electrons. The van der Waals surface area contributed by atoms with Gasteiger partial charge in [0, 0.05) is 65.3 Å². The van der Waals surface area contributed by atoms with E-state index in [2.05, 4.69) is 20.9 Å². The summed E-state index contributed by atoms with van der Waals surface area (Å²) < 4.78 is 11.0. The van der Waals surface area contributed by atoms with E-state index in [0.717, 1.165) is 78.5 Å². The van der Waals surface area contributed by atoms with Crippen LogP contribution >= 0.6 is 0 Å². The van der Waals surface area contributed by atoms with Crippen LogP contribution in [0.25, 0.3) is 0 Å². The molecule has 0 saturated carbocycles. The van der Waals surface area contributed by atoms with Crippen LogP contribution in [0.3, 0.4) is 0 Å². The fraction of sp³-hybridized carbons (Fsp3) is 1.00. The molecule has 0 aliphatic carbocycles. The minimum absolute atomic E-state index is 0.0199. The second-order valence-corrected chi connectivity index (χ2v) is 5.05. The second kappa shape index (κ2) is 9.63. The fourth-order valence-corrected chi connectivity index (χ4v) is 2.40. The molecule has 0 bridgehead atoms. The van der Waals surface area contributed by atoms with Crippen LogP contribution in [0.1, 0.15) is 6.42 Å². The predicted octanol–water partition coefficient (Wildman–Crippen LogP) is -1.17. The summed E-state index contributed by atoms with van der Waals surface area (Å²) in [5.74, 6) is 0. The van der Waals surface area contributed by atoms with Crippen LogP contribution in [-0.2, 0) is 9.47 Å². The lowest BCUT2D eigenvalue weighted by molar-refractivity contribution is -0.0514. The first kappa shape index (κ1) is 15.2. The van der Waals surface area contributed by atoms with Crippen LogP contribution in [0.2, 0.25) is 0 Å². The minimum atomic E-state index is 0.0199. The average Bonchev–Trinajstić information content (AvgIpc) is 2.91. The topological polar surface area (TPSA) is 57.8 Å². The molecule has 0 unspecified atom stereocenters. The van der Waals surface area contributed by atoms with Crippen molar-refractivity contribution >= 4 is 0 Å². The third kappa shape index (κ3) is 6.65. The first-order valence-corrected chi connectivity index (χ1v) is 7.53. The van der Waals surface area contributed by atoms with E-state index in [9.17, 15) is 0 Å². The SMILES string of the molecule is C1CNCCN(CCC2OCCO2)CCNCCN1. The van der Waals surface area contributed by atoms with Gasteiger partial charge in [0.1, 0.15) is 0 Å². The molecule has 0 atom stereocenters. The molecule has 0 aromatic rings. The van der Waals surface area contributed by atoms with E-state index in [4.69, 9.17) is 9.47 Å². The van der Waals surface area contributed by atoms with Gasteiger partial charge in [-0.3, -0.25) is 0 Å². The minimum Gasteiger partial charge on any atom is -0.350 e. The van der Waals surface area contributed by atoms with Gasteiger partial charge in [-0.25, -0.2) is 0 Å². The number of nitrogens with zero attached hydrogens (tertiary/aromatic N) is 1. The smallest absolute Gasteiger partial charge is 0.159 e. The number of hydrogen-bond donors (Lipinski definition) is 3. The maximum Gasteiger partial charge on any atom is 0.159 e. The van der Waals surface area contributed by atoms with E-state index in [1.54, 1.807) is 0 Å². The highest BCUT2D eigenvalue weighted by atomic mass is 16.7. The van der Waals surface area contributed by atoms with E-state index >= 15 is 0 Å². The average molecular weight is 272 g/mol. The second-order valence-electron chi connectivity index (χ2n) is 5.05. The summed E-state index contributed by atoms with van der Waals surface area (Å²) in [6, 6.07) is 0. The molecule has 0 amide bonds. The summed E-state index contributed by atoms with van der Waals surface area (Å²) in [6.07, 6.45) is 0.994. The number of hydrogen-bond acceptors (Lipinski definition) is 6. The van der Waals surface area contributed by atoms with Gasteiger partial charge in [-0.05, 0) is 0 Å². The van der Waals surface area contributed by atoms with E-state index < -0.39 is 0 Å². The monoisotopic (exact) mass is 272 g/mol. The third-order valence-corrected chi connectivity index (χ3v) is 3.54. The molecule has 2 rings (SSSR count). The maximum atomic E-state index is 5.49. The molecule has 6 heteroatoms. The van der Waals surface area contributed by atoms with Crippen molar-refractivity contribution in [3.63, 3.8) is 0 Å². The molecule has 0 aromatic carbocycles. The normalized spacial score (nSPS) is 25.9. The van der Waals surface area contributed by atoms with Crippen LogP contribution in [0.5, 0.6) is 0 Å². The van der Waals surface area contributed by atoms with E-state index in [1.807, 2.05) is 0 Å². The lowest BCUT2D eigenvalue weighted by Crippen LogP contribution is -2.42. The summed E-state index contributed by atoms with van der Waals surface area (Å²) in [7, 11) is 0. The Labute approximate surface area is 116 Å². The molecule has 0 spiro atoms. The van der Waals surface area contributed by atoms with Crippen LogP contribution in [0.15, 0.2) is 0 Å². The third-order valence-electron chi connectivity index (χ3n) is 3.54. The van der Waals surface area contributed by atoms with Crippen molar-refractivity contribution in [2.45, 2.75) is 12.7 Å². The van der Waals surface area contributed by atoms with Crippen molar-refractivity contribution in [1.82, 2.24) is 20.9 Å². The van der Waals surface area contributed by atoms with Gasteiger partial charge >= 0.3 is 0 Å². The Morgan fingerprint density at radius 1 is 0.789 bits per heavy atom. The Balaban J connectivity index is 1.65. The number of rotatable bonds is 3. The summed E-state index contributed by atoms with van der Waals surface area (Å²) in [4.78, 5) is 2.49. The Morgan fingerprint density at radius 2 is 1.32 bits per heavy atom. The largest absolute Gasteiger partial charge is 0.350 e. The molecule has 2 aliphatic heterocycles. The van der Waals surface area contributed by atoms with E-state index in [1.165, 1.54) is 0 Å². The first-order chi connectivity index (χ1) is 9.45. The first-order valence-electron chi connectivity index (χ1n) is 7.53. The lowest BCUT2D eigenvalue weighted by atomic mass is 10.3. The standard InChI is InChI=1S/C13H28N4O2/c1(13-18-11-12-19-13)8-17-9-6-15-4-2-14-3-5-16-7-10-17/h13-16H,1-12H2. The predicted molar refractivity (Wildman–Crippen MR) is 75.4 cm³/mol. The van der Waals surface area contributed by atoms with Crippen molar-refractivity contribution in [3.05, 3.63) is 0 Å². The molecule has 2 heterocycles. The highest BCUT2D eigenvalue weighted by molar-refractivity contribution is 4.66. The van der Waals surface area contributed by atoms with Crippen LogP contribution < -0.4 is 16.0 Å². The van der Waals surface area contributed by atoms with Gasteiger partial charge in [0.2, 0.25) is 0 Å². The van der Waals surface area contributed by atoms with Gasteiger partial charge < -0.3 is 30.3 Å². The van der Waals surface area contributed by atoms with Crippen molar-refractivity contribution in [1.29, 1.82) is 0 Å². The molecule has 2 aliphatic rings. The summed E-state index contributed by atoms with van der Waals surface area (Å²) >= 11 is 0. The molecule has 0 aromatic heterocycles. The van der Waals surface area contributed by atoms with Gasteiger partial charge in [0.25, 0.3) is 0 Å². The zero-order valence-electron chi connectivity index (χ0n) is 11.8. The van der Waals surface area contributed by atoms with Crippen LogP contribution in [-0.4, -0.2) is 83.3 Å². The van der Waals surface area contributed by atoms with Gasteiger partial charge in [0.15, 0.2) is 6.29 Å². The Kier molecular flexibility index (Phi) is 7.68. The molecule has 19 heavy (non-hydrogen) atoms. The van der Waals surface area contributed by atoms with Crippen LogP contribution in [0, 0.1) is 0 Å². The highest BCUT2D eigenvalue weighted by Crippen LogP contribution is 2.08. The van der Waals surface area contributed by atoms with Crippen LogP contribution in [0.4, 0.5) is 0 Å². The number of ether oxygens (including phenoxy) is 2. The van der Waals surface area contributed by atoms with Crippen molar-refractivity contribution in [2.24, 2.45) is 0 Å². The zero-order chi connectivity index (χ0) is 13.2. The van der Waals surface area contributed by atoms with Crippen molar-refractivity contribution in [3.8, 4) is 0 Å². The molecular weight excluding hydrogens is 244 g/mol. The molecule has 2 fully saturated rings. The fourth-order valence-electron chi connectivity index (χ4n) is 2.40. The van der Waals surface area contributed by atoms with Gasteiger partial charge in [-0.2, -0.15) is 0 Å². The highest BCUT2D eigenvalue weighted by Gasteiger charge is 2.17. The molecule has 6 nitrogen and oxygen atoms in total. The summed E-state index contributed by atoms with van der Waals surface area (Å²) in [5, 5.41) is 10.4. The molecule has 112 valence electrons. The maximum absolute atomic E-state index is 5.49. The Hall–Kier alpha value is -0.240. The molecule has 2 saturated heterocycles. The van der Waals surface area contributed by atoms with Gasteiger partial charge in [-0.15, -0.1) is 0 Å². The van der Waals surface area contributed by atoms with Crippen molar-refractivity contribution in [2.75, 3.05) is 72.1 Å². The summed E-state index contributed by atoms with van der Waals surface area (Å²) in [5.41, 5.74) is 0. The Morgan fingerprint density at radius 3 is 1.89 bits per heavy atom. The number of nitrogens with one attached hydrogen (secondary N) is 3. The zero-order valence-corrected chi connectivity index (χ0v) is 11.8. The quantitative estimate of drug-likeness (QED) is 0.602. The van der Waals surface area contributed by atoms with E-state index in [0.29, 0.717) is 0 Å². The molecule has 3 N–H and O–H groups in total. The van der Waals surface area contributed by atoms with Crippen molar-refractivity contribution < 1.29 is 9.47 Å². The van der Waals surface area contributed by atoms with Gasteiger partial charge in [-0.1, -0.05) is 0 Å². The summed E-state index contributed by atoms with van der Waals surface area (Å²) in [6.45, 7) is 11.0. The Bertz CT molecular complexity index is 213.